The van der Waals surface area contributed by atoms with Gasteiger partial charge in [-0.1, -0.05) is 36.4 Å². The Morgan fingerprint density at radius 2 is 2.08 bits per heavy atom. The van der Waals surface area contributed by atoms with Gasteiger partial charge in [-0.2, -0.15) is 0 Å². The van der Waals surface area contributed by atoms with Crippen LogP contribution in [0.25, 0.3) is 0 Å². The summed E-state index contributed by atoms with van der Waals surface area (Å²) in [6.07, 6.45) is 2.11. The van der Waals surface area contributed by atoms with Crippen molar-refractivity contribution in [1.29, 1.82) is 0 Å². The molecule has 0 atom stereocenters. The quantitative estimate of drug-likeness (QED) is 0.691. The van der Waals surface area contributed by atoms with Gasteiger partial charge in [0.05, 0.1) is 6.42 Å². The summed E-state index contributed by atoms with van der Waals surface area (Å²) in [6, 6.07) is 9.67. The highest BCUT2D eigenvalue weighted by atomic mass is 16.1. The highest BCUT2D eigenvalue weighted by molar-refractivity contribution is 5.78. The van der Waals surface area contributed by atoms with Crippen LogP contribution in [0.1, 0.15) is 5.56 Å². The summed E-state index contributed by atoms with van der Waals surface area (Å²) in [5.41, 5.74) is 1.03. The second-order valence-electron chi connectivity index (χ2n) is 2.76. The van der Waals surface area contributed by atoms with Gasteiger partial charge in [0.1, 0.15) is 0 Å². The van der Waals surface area contributed by atoms with Gasteiger partial charge >= 0.3 is 0 Å². The SMILES string of the molecule is C=CCNC(=O)Cc1ccccc1. The predicted molar refractivity (Wildman–Crippen MR) is 53.4 cm³/mol. The molecule has 0 saturated carbocycles. The van der Waals surface area contributed by atoms with Crippen LogP contribution in [-0.2, 0) is 11.2 Å². The fraction of sp³-hybridized carbons (Fsp3) is 0.182. The average Bonchev–Trinajstić information content (AvgIpc) is 2.16. The lowest BCUT2D eigenvalue weighted by Crippen LogP contribution is -2.24. The van der Waals surface area contributed by atoms with E-state index in [9.17, 15) is 4.79 Å². The summed E-state index contributed by atoms with van der Waals surface area (Å²) in [5, 5.41) is 2.72. The van der Waals surface area contributed by atoms with Gasteiger partial charge in [0.15, 0.2) is 0 Å². The molecule has 13 heavy (non-hydrogen) atoms. The zero-order valence-electron chi connectivity index (χ0n) is 7.49. The maximum absolute atomic E-state index is 11.2. The summed E-state index contributed by atoms with van der Waals surface area (Å²) in [5.74, 6) is 0.0334. The Morgan fingerprint density at radius 3 is 2.69 bits per heavy atom. The molecule has 1 amide bonds. The Bertz CT molecular complexity index is 279. The lowest BCUT2D eigenvalue weighted by molar-refractivity contribution is -0.120. The standard InChI is InChI=1S/C11H13NO/c1-2-8-12-11(13)9-10-6-4-3-5-7-10/h2-7H,1,8-9H2,(H,12,13). The molecule has 0 aromatic heterocycles. The number of benzene rings is 1. The van der Waals surface area contributed by atoms with E-state index in [1.807, 2.05) is 30.3 Å². The fourth-order valence-corrected chi connectivity index (χ4v) is 1.03. The Kier molecular flexibility index (Phi) is 3.76. The van der Waals surface area contributed by atoms with Crippen LogP contribution in [-0.4, -0.2) is 12.5 Å². The van der Waals surface area contributed by atoms with E-state index in [0.717, 1.165) is 5.56 Å². The first kappa shape index (κ1) is 9.52. The monoisotopic (exact) mass is 175 g/mol. The molecule has 0 aliphatic rings. The van der Waals surface area contributed by atoms with Crippen molar-refractivity contribution in [3.05, 3.63) is 48.6 Å². The summed E-state index contributed by atoms with van der Waals surface area (Å²) >= 11 is 0. The summed E-state index contributed by atoms with van der Waals surface area (Å²) < 4.78 is 0. The van der Waals surface area contributed by atoms with Crippen LogP contribution >= 0.6 is 0 Å². The van der Waals surface area contributed by atoms with Crippen LogP contribution in [0.5, 0.6) is 0 Å². The normalized spacial score (nSPS) is 9.23. The number of amides is 1. The van der Waals surface area contributed by atoms with Crippen molar-refractivity contribution >= 4 is 5.91 Å². The molecule has 0 aliphatic heterocycles. The minimum Gasteiger partial charge on any atom is -0.352 e. The number of nitrogens with one attached hydrogen (secondary N) is 1. The molecule has 0 aliphatic carbocycles. The van der Waals surface area contributed by atoms with Gasteiger partial charge in [-0.3, -0.25) is 4.79 Å². The largest absolute Gasteiger partial charge is 0.352 e. The Labute approximate surface area is 78.3 Å². The molecule has 2 heteroatoms. The van der Waals surface area contributed by atoms with Crippen molar-refractivity contribution in [3.63, 3.8) is 0 Å². The maximum atomic E-state index is 11.2. The summed E-state index contributed by atoms with van der Waals surface area (Å²) in [4.78, 5) is 11.2. The molecule has 68 valence electrons. The summed E-state index contributed by atoms with van der Waals surface area (Å²) in [7, 11) is 0. The fourth-order valence-electron chi connectivity index (χ4n) is 1.03. The molecule has 0 fully saturated rings. The number of hydrogen-bond acceptors (Lipinski definition) is 1. The molecule has 0 heterocycles. The van der Waals surface area contributed by atoms with E-state index < -0.39 is 0 Å². The number of carbonyl (C=O) groups excluding carboxylic acids is 1. The van der Waals surface area contributed by atoms with Gasteiger partial charge < -0.3 is 5.32 Å². The number of carbonyl (C=O) groups is 1. The van der Waals surface area contributed by atoms with E-state index in [4.69, 9.17) is 0 Å². The molecule has 2 nitrogen and oxygen atoms in total. The Hall–Kier alpha value is -1.57. The van der Waals surface area contributed by atoms with Gasteiger partial charge in [0.25, 0.3) is 0 Å². The van der Waals surface area contributed by atoms with Crippen molar-refractivity contribution in [3.8, 4) is 0 Å². The van der Waals surface area contributed by atoms with Crippen molar-refractivity contribution in [1.82, 2.24) is 5.32 Å². The van der Waals surface area contributed by atoms with Gasteiger partial charge in [-0.25, -0.2) is 0 Å². The van der Waals surface area contributed by atoms with E-state index in [1.165, 1.54) is 0 Å². The minimum absolute atomic E-state index is 0.0334. The highest BCUT2D eigenvalue weighted by Crippen LogP contribution is 1.98. The van der Waals surface area contributed by atoms with Gasteiger partial charge in [0.2, 0.25) is 5.91 Å². The second kappa shape index (κ2) is 5.14. The maximum Gasteiger partial charge on any atom is 0.224 e. The van der Waals surface area contributed by atoms with Crippen LogP contribution in [0.4, 0.5) is 0 Å². The third-order valence-corrected chi connectivity index (χ3v) is 1.65. The van der Waals surface area contributed by atoms with Crippen molar-refractivity contribution < 1.29 is 4.79 Å². The van der Waals surface area contributed by atoms with Gasteiger partial charge in [0, 0.05) is 6.54 Å². The van der Waals surface area contributed by atoms with Gasteiger partial charge in [-0.05, 0) is 5.56 Å². The summed E-state index contributed by atoms with van der Waals surface area (Å²) in [6.45, 7) is 4.06. The third kappa shape index (κ3) is 3.56. The van der Waals surface area contributed by atoms with E-state index in [-0.39, 0.29) is 5.91 Å². The van der Waals surface area contributed by atoms with Gasteiger partial charge in [-0.15, -0.1) is 6.58 Å². The first-order valence-corrected chi connectivity index (χ1v) is 4.24. The second-order valence-corrected chi connectivity index (χ2v) is 2.76. The highest BCUT2D eigenvalue weighted by Gasteiger charge is 1.99. The van der Waals surface area contributed by atoms with E-state index >= 15 is 0 Å². The zero-order valence-corrected chi connectivity index (χ0v) is 7.49. The lowest BCUT2D eigenvalue weighted by atomic mass is 10.1. The van der Waals surface area contributed by atoms with Crippen LogP contribution in [0.3, 0.4) is 0 Å². The first-order chi connectivity index (χ1) is 6.33. The van der Waals surface area contributed by atoms with Crippen LogP contribution in [0.15, 0.2) is 43.0 Å². The number of rotatable bonds is 4. The molecule has 1 rings (SSSR count). The van der Waals surface area contributed by atoms with Crippen LogP contribution < -0.4 is 5.32 Å². The van der Waals surface area contributed by atoms with E-state index in [1.54, 1.807) is 6.08 Å². The molecule has 1 N–H and O–H groups in total. The molecule has 0 unspecified atom stereocenters. The van der Waals surface area contributed by atoms with E-state index in [0.29, 0.717) is 13.0 Å². The third-order valence-electron chi connectivity index (χ3n) is 1.65. The smallest absolute Gasteiger partial charge is 0.224 e. The molecule has 0 spiro atoms. The molecule has 1 aromatic carbocycles. The molecule has 0 saturated heterocycles. The molecule has 0 radical (unpaired) electrons. The predicted octanol–water partition coefficient (Wildman–Crippen LogP) is 1.53. The topological polar surface area (TPSA) is 29.1 Å². The Morgan fingerprint density at radius 1 is 1.38 bits per heavy atom. The number of hydrogen-bond donors (Lipinski definition) is 1. The lowest BCUT2D eigenvalue weighted by Gasteiger charge is -2.01. The zero-order chi connectivity index (χ0) is 9.52. The first-order valence-electron chi connectivity index (χ1n) is 4.24. The molecule has 0 bridgehead atoms. The average molecular weight is 175 g/mol. The molecule has 1 aromatic rings. The Balaban J connectivity index is 2.41. The van der Waals surface area contributed by atoms with Crippen LogP contribution in [0.2, 0.25) is 0 Å². The van der Waals surface area contributed by atoms with Crippen LogP contribution in [0, 0.1) is 0 Å². The molecular weight excluding hydrogens is 162 g/mol. The van der Waals surface area contributed by atoms with Crippen molar-refractivity contribution in [2.75, 3.05) is 6.54 Å². The van der Waals surface area contributed by atoms with Crippen molar-refractivity contribution in [2.45, 2.75) is 6.42 Å². The molecular formula is C11H13NO. The van der Waals surface area contributed by atoms with Crippen molar-refractivity contribution in [2.24, 2.45) is 0 Å². The minimum atomic E-state index is 0.0334. The van der Waals surface area contributed by atoms with E-state index in [2.05, 4.69) is 11.9 Å².